The smallest absolute Gasteiger partial charge is 0.315 e. The van der Waals surface area contributed by atoms with Crippen LogP contribution in [0.2, 0.25) is 0 Å². The van der Waals surface area contributed by atoms with E-state index in [9.17, 15) is 4.79 Å². The Morgan fingerprint density at radius 2 is 1.38 bits per heavy atom. The Bertz CT molecular complexity index is 1270. The first-order valence-corrected chi connectivity index (χ1v) is 12.9. The van der Waals surface area contributed by atoms with Crippen molar-refractivity contribution in [1.29, 1.82) is 0 Å². The van der Waals surface area contributed by atoms with Crippen molar-refractivity contribution in [3.63, 3.8) is 0 Å². The van der Waals surface area contributed by atoms with Gasteiger partial charge in [0.05, 0.1) is 12.1 Å². The summed E-state index contributed by atoms with van der Waals surface area (Å²) in [5.41, 5.74) is 7.04. The molecule has 188 valence electrons. The van der Waals surface area contributed by atoms with E-state index >= 15 is 0 Å². The molecule has 1 unspecified atom stereocenters. The maximum atomic E-state index is 13.3. The third-order valence-corrected chi connectivity index (χ3v) is 7.09. The molecule has 0 radical (unpaired) electrons. The Balaban J connectivity index is 1.36. The van der Waals surface area contributed by atoms with E-state index in [1.165, 1.54) is 16.8 Å². The Hall–Kier alpha value is -4.25. The van der Waals surface area contributed by atoms with E-state index in [0.717, 1.165) is 29.8 Å². The van der Waals surface area contributed by atoms with Gasteiger partial charge in [-0.25, -0.2) is 4.79 Å². The number of nitrogens with one attached hydrogen (secondary N) is 2. The fourth-order valence-corrected chi connectivity index (χ4v) is 5.11. The number of para-hydroxylation sites is 1. The Morgan fingerprint density at radius 3 is 2.00 bits per heavy atom. The third-order valence-electron chi connectivity index (χ3n) is 7.09. The van der Waals surface area contributed by atoms with E-state index < -0.39 is 0 Å². The molecule has 1 aliphatic heterocycles. The van der Waals surface area contributed by atoms with Crippen LogP contribution in [0.3, 0.4) is 0 Å². The number of rotatable bonds is 8. The van der Waals surface area contributed by atoms with Crippen LogP contribution in [0.5, 0.6) is 0 Å². The summed E-state index contributed by atoms with van der Waals surface area (Å²) in [5, 5.41) is 6.41. The van der Waals surface area contributed by atoms with Gasteiger partial charge in [0.1, 0.15) is 0 Å². The van der Waals surface area contributed by atoms with E-state index in [2.05, 4.69) is 69.0 Å². The fraction of sp³-hybridized carbons (Fsp3) is 0.219. The van der Waals surface area contributed by atoms with Gasteiger partial charge in [-0.2, -0.15) is 0 Å². The van der Waals surface area contributed by atoms with Crippen LogP contribution in [-0.4, -0.2) is 33.2 Å². The van der Waals surface area contributed by atoms with Crippen molar-refractivity contribution in [2.45, 2.75) is 18.5 Å². The number of amides is 2. The van der Waals surface area contributed by atoms with Crippen molar-refractivity contribution in [1.82, 2.24) is 10.6 Å². The second-order valence-electron chi connectivity index (χ2n) is 9.68. The quantitative estimate of drug-likeness (QED) is 0.321. The van der Waals surface area contributed by atoms with E-state index in [1.54, 1.807) is 0 Å². The molecule has 1 heterocycles. The monoisotopic (exact) mass is 490 g/mol. The Kier molecular flexibility index (Phi) is 7.41. The molecular weight excluding hydrogens is 456 g/mol. The van der Waals surface area contributed by atoms with Gasteiger partial charge in [-0.15, -0.1) is 0 Å². The first-order valence-electron chi connectivity index (χ1n) is 12.9. The summed E-state index contributed by atoms with van der Waals surface area (Å²) in [6.45, 7) is 1.43. The van der Waals surface area contributed by atoms with Gasteiger partial charge in [0, 0.05) is 38.6 Å². The van der Waals surface area contributed by atoms with Crippen molar-refractivity contribution in [2.24, 2.45) is 0 Å². The summed E-state index contributed by atoms with van der Waals surface area (Å²) >= 11 is 0. The first-order chi connectivity index (χ1) is 18.1. The molecule has 0 saturated carbocycles. The molecule has 2 N–H and O–H groups in total. The van der Waals surface area contributed by atoms with Crippen molar-refractivity contribution in [3.05, 3.63) is 131 Å². The van der Waals surface area contributed by atoms with Crippen LogP contribution < -0.4 is 20.4 Å². The zero-order chi connectivity index (χ0) is 25.6. The van der Waals surface area contributed by atoms with Gasteiger partial charge < -0.3 is 20.4 Å². The lowest BCUT2D eigenvalue weighted by Gasteiger charge is -2.32. The van der Waals surface area contributed by atoms with Gasteiger partial charge in [-0.1, -0.05) is 91.0 Å². The van der Waals surface area contributed by atoms with Gasteiger partial charge in [0.15, 0.2) is 0 Å². The summed E-state index contributed by atoms with van der Waals surface area (Å²) in [4.78, 5) is 17.8. The lowest BCUT2D eigenvalue weighted by molar-refractivity contribution is 0.238. The Labute approximate surface area is 219 Å². The Morgan fingerprint density at radius 1 is 0.784 bits per heavy atom. The highest BCUT2D eigenvalue weighted by atomic mass is 16.2. The highest BCUT2D eigenvalue weighted by Crippen LogP contribution is 2.35. The average molecular weight is 491 g/mol. The number of carbonyl (C=O) groups excluding carboxylic acids is 1. The second-order valence-corrected chi connectivity index (χ2v) is 9.68. The highest BCUT2D eigenvalue weighted by molar-refractivity contribution is 5.75. The topological polar surface area (TPSA) is 47.6 Å². The first kappa shape index (κ1) is 24.4. The number of anilines is 2. The minimum Gasteiger partial charge on any atom is -0.378 e. The number of hydrogen-bond acceptors (Lipinski definition) is 3. The van der Waals surface area contributed by atoms with Gasteiger partial charge in [-0.05, 0) is 46.9 Å². The van der Waals surface area contributed by atoms with Crippen LogP contribution in [0.4, 0.5) is 16.2 Å². The zero-order valence-corrected chi connectivity index (χ0v) is 21.5. The maximum absolute atomic E-state index is 13.3. The molecule has 4 aromatic rings. The number of carbonyl (C=O) groups is 1. The highest BCUT2D eigenvalue weighted by Gasteiger charge is 2.28. The molecule has 37 heavy (non-hydrogen) atoms. The predicted octanol–water partition coefficient (Wildman–Crippen LogP) is 5.95. The molecule has 1 atom stereocenters. The summed E-state index contributed by atoms with van der Waals surface area (Å²) in [5.74, 6) is 0. The summed E-state index contributed by atoms with van der Waals surface area (Å²) in [7, 11) is 4.09. The number of hydrogen-bond donors (Lipinski definition) is 2. The molecule has 5 heteroatoms. The van der Waals surface area contributed by atoms with E-state index in [-0.39, 0.29) is 18.1 Å². The SMILES string of the molecule is CN(C)c1ccc(C(CNC(=O)NC(c2ccccc2)c2ccccc2)N2CCc3ccccc32)cc1. The molecule has 4 aromatic carbocycles. The van der Waals surface area contributed by atoms with Crippen molar-refractivity contribution in [2.75, 3.05) is 37.0 Å². The van der Waals surface area contributed by atoms with Gasteiger partial charge in [0.25, 0.3) is 0 Å². The molecular formula is C32H34N4O. The number of urea groups is 1. The third kappa shape index (κ3) is 5.61. The number of nitrogens with zero attached hydrogens (tertiary/aromatic N) is 2. The minimum absolute atomic E-state index is 0.0255. The fourth-order valence-electron chi connectivity index (χ4n) is 5.11. The molecule has 0 saturated heterocycles. The van der Waals surface area contributed by atoms with Crippen molar-refractivity contribution in [3.8, 4) is 0 Å². The average Bonchev–Trinajstić information content (AvgIpc) is 3.37. The predicted molar refractivity (Wildman–Crippen MR) is 152 cm³/mol. The van der Waals surface area contributed by atoms with Crippen LogP contribution >= 0.6 is 0 Å². The normalized spacial score (nSPS) is 13.2. The molecule has 0 aromatic heterocycles. The lowest BCUT2D eigenvalue weighted by Crippen LogP contribution is -2.43. The summed E-state index contributed by atoms with van der Waals surface area (Å²) in [6, 6.07) is 37.0. The second kappa shape index (κ2) is 11.2. The minimum atomic E-state index is -0.229. The molecule has 0 bridgehead atoms. The van der Waals surface area contributed by atoms with Crippen LogP contribution in [0.15, 0.2) is 109 Å². The van der Waals surface area contributed by atoms with E-state index in [0.29, 0.717) is 6.54 Å². The molecule has 0 fully saturated rings. The molecule has 5 rings (SSSR count). The van der Waals surface area contributed by atoms with Gasteiger partial charge in [-0.3, -0.25) is 0 Å². The molecule has 2 amide bonds. The standard InChI is InChI=1S/C32H34N4O/c1-35(2)28-19-17-25(18-20-28)30(36-22-21-24-11-9-10-16-29(24)36)23-33-32(37)34-31(26-12-5-3-6-13-26)27-14-7-4-8-15-27/h3-20,30-31H,21-23H2,1-2H3,(H2,33,34,37). The molecule has 0 spiro atoms. The van der Waals surface area contributed by atoms with E-state index in [1.807, 2.05) is 74.8 Å². The van der Waals surface area contributed by atoms with Gasteiger partial charge >= 0.3 is 6.03 Å². The van der Waals surface area contributed by atoms with Crippen LogP contribution in [0.1, 0.15) is 34.3 Å². The zero-order valence-electron chi connectivity index (χ0n) is 21.5. The summed E-state index contributed by atoms with van der Waals surface area (Å²) < 4.78 is 0. The summed E-state index contributed by atoms with van der Waals surface area (Å²) in [6.07, 6.45) is 1.01. The van der Waals surface area contributed by atoms with Gasteiger partial charge in [0.2, 0.25) is 0 Å². The van der Waals surface area contributed by atoms with Crippen LogP contribution in [0, 0.1) is 0 Å². The number of fused-ring (bicyclic) bond motifs is 1. The molecule has 0 aliphatic carbocycles. The molecule has 5 nitrogen and oxygen atoms in total. The molecule has 1 aliphatic rings. The van der Waals surface area contributed by atoms with E-state index in [4.69, 9.17) is 0 Å². The van der Waals surface area contributed by atoms with Crippen molar-refractivity contribution < 1.29 is 4.79 Å². The largest absolute Gasteiger partial charge is 0.378 e. The maximum Gasteiger partial charge on any atom is 0.315 e. The van der Waals surface area contributed by atoms with Crippen molar-refractivity contribution >= 4 is 17.4 Å². The number of benzene rings is 4. The van der Waals surface area contributed by atoms with Crippen LogP contribution in [-0.2, 0) is 6.42 Å². The lowest BCUT2D eigenvalue weighted by atomic mass is 9.99. The van der Waals surface area contributed by atoms with Crippen LogP contribution in [0.25, 0.3) is 0 Å².